The third kappa shape index (κ3) is 3.96. The van der Waals surface area contributed by atoms with Crippen LogP contribution in [0.1, 0.15) is 36.0 Å². The van der Waals surface area contributed by atoms with Gasteiger partial charge in [0.2, 0.25) is 0 Å². The Hall–Kier alpha value is -0.590. The molecule has 0 atom stereocenters. The van der Waals surface area contributed by atoms with E-state index in [9.17, 15) is 13.2 Å². The van der Waals surface area contributed by atoms with Gasteiger partial charge in [0.05, 0.1) is 17.1 Å². The molecule has 1 aromatic rings. The van der Waals surface area contributed by atoms with Gasteiger partial charge in [0, 0.05) is 15.2 Å². The van der Waals surface area contributed by atoms with Crippen molar-refractivity contribution in [2.75, 3.05) is 6.61 Å². The van der Waals surface area contributed by atoms with Gasteiger partial charge >= 0.3 is 5.97 Å². The van der Waals surface area contributed by atoms with E-state index in [2.05, 4.69) is 15.9 Å². The van der Waals surface area contributed by atoms with Crippen molar-refractivity contribution in [1.29, 1.82) is 0 Å². The quantitative estimate of drug-likeness (QED) is 0.576. The fourth-order valence-electron chi connectivity index (χ4n) is 2.00. The average Bonchev–Trinajstić information content (AvgIpc) is 2.31. The van der Waals surface area contributed by atoms with Crippen LogP contribution in [0.5, 0.6) is 0 Å². The first kappa shape index (κ1) is 15.8. The van der Waals surface area contributed by atoms with E-state index < -0.39 is 15.0 Å². The van der Waals surface area contributed by atoms with Gasteiger partial charge < -0.3 is 4.74 Å². The minimum Gasteiger partial charge on any atom is -0.462 e. The molecule has 1 aromatic carbocycles. The van der Waals surface area contributed by atoms with E-state index in [0.717, 1.165) is 6.42 Å². The first-order chi connectivity index (χ1) is 9.38. The molecule has 0 heterocycles. The van der Waals surface area contributed by atoms with Crippen molar-refractivity contribution >= 4 is 41.6 Å². The largest absolute Gasteiger partial charge is 0.462 e. The predicted octanol–water partition coefficient (Wildman–Crippen LogP) is 3.72. The molecule has 0 bridgehead atoms. The summed E-state index contributed by atoms with van der Waals surface area (Å²) in [5.41, 5.74) is 0.182. The number of esters is 1. The van der Waals surface area contributed by atoms with Crippen LogP contribution in [0.15, 0.2) is 27.6 Å². The Labute approximate surface area is 131 Å². The molecular formula is C13H14BrClO4S. The highest BCUT2D eigenvalue weighted by atomic mass is 79.9. The molecule has 0 saturated heterocycles. The summed E-state index contributed by atoms with van der Waals surface area (Å²) in [5, 5.41) is 0. The Morgan fingerprint density at radius 3 is 2.65 bits per heavy atom. The zero-order valence-corrected chi connectivity index (χ0v) is 13.8. The maximum atomic E-state index is 11.8. The average molecular weight is 382 g/mol. The second-order valence-corrected chi connectivity index (χ2v) is 8.19. The lowest BCUT2D eigenvalue weighted by Gasteiger charge is -2.24. The van der Waals surface area contributed by atoms with Crippen molar-refractivity contribution in [1.82, 2.24) is 0 Å². The van der Waals surface area contributed by atoms with Crippen LogP contribution in [-0.4, -0.2) is 21.0 Å². The monoisotopic (exact) mass is 380 g/mol. The smallest absolute Gasteiger partial charge is 0.338 e. The van der Waals surface area contributed by atoms with E-state index >= 15 is 0 Å². The number of ether oxygens (including phenoxy) is 1. The summed E-state index contributed by atoms with van der Waals surface area (Å²) in [5.74, 6) is 0.130. The number of carbonyl (C=O) groups is 1. The third-order valence-electron chi connectivity index (χ3n) is 3.41. The van der Waals surface area contributed by atoms with Crippen molar-refractivity contribution in [3.8, 4) is 0 Å². The van der Waals surface area contributed by atoms with Gasteiger partial charge in [-0.3, -0.25) is 0 Å². The first-order valence-corrected chi connectivity index (χ1v) is 9.39. The molecule has 0 spiro atoms. The van der Waals surface area contributed by atoms with Gasteiger partial charge in [-0.25, -0.2) is 13.2 Å². The Bertz CT molecular complexity index is 611. The number of halogens is 2. The molecular weight excluding hydrogens is 368 g/mol. The SMILES string of the molecule is O=C(OCCC1CCC1)c1ccc(Br)c(S(=O)(=O)Cl)c1. The zero-order chi connectivity index (χ0) is 14.8. The van der Waals surface area contributed by atoms with Gasteiger partial charge in [0.25, 0.3) is 9.05 Å². The molecule has 7 heteroatoms. The Morgan fingerprint density at radius 1 is 1.40 bits per heavy atom. The van der Waals surface area contributed by atoms with E-state index in [4.69, 9.17) is 15.4 Å². The van der Waals surface area contributed by atoms with Gasteiger partial charge in [-0.05, 0) is 46.5 Å². The highest BCUT2D eigenvalue weighted by molar-refractivity contribution is 9.10. The fraction of sp³-hybridized carbons (Fsp3) is 0.462. The topological polar surface area (TPSA) is 60.4 Å². The predicted molar refractivity (Wildman–Crippen MR) is 79.4 cm³/mol. The summed E-state index contributed by atoms with van der Waals surface area (Å²) < 4.78 is 28.2. The Kier molecular flexibility index (Phi) is 5.09. The fourth-order valence-corrected chi connectivity index (χ4v) is 4.12. The van der Waals surface area contributed by atoms with Gasteiger partial charge in [-0.1, -0.05) is 19.3 Å². The van der Waals surface area contributed by atoms with E-state index in [1.165, 1.54) is 37.5 Å². The standard InChI is InChI=1S/C13H14BrClO4S/c14-11-5-4-10(8-12(11)20(15,17)18)13(16)19-7-6-9-2-1-3-9/h4-5,8-9H,1-3,6-7H2. The summed E-state index contributed by atoms with van der Waals surface area (Å²) in [4.78, 5) is 11.7. The summed E-state index contributed by atoms with van der Waals surface area (Å²) in [7, 11) is 1.40. The lowest BCUT2D eigenvalue weighted by molar-refractivity contribution is 0.0464. The minimum atomic E-state index is -3.90. The number of hydrogen-bond acceptors (Lipinski definition) is 4. The molecule has 1 saturated carbocycles. The van der Waals surface area contributed by atoms with Crippen LogP contribution in [-0.2, 0) is 13.8 Å². The highest BCUT2D eigenvalue weighted by Crippen LogP contribution is 2.29. The summed E-state index contributed by atoms with van der Waals surface area (Å²) in [6.07, 6.45) is 4.51. The Morgan fingerprint density at radius 2 is 2.10 bits per heavy atom. The van der Waals surface area contributed by atoms with E-state index in [1.54, 1.807) is 0 Å². The molecule has 20 heavy (non-hydrogen) atoms. The number of carbonyl (C=O) groups excluding carboxylic acids is 1. The minimum absolute atomic E-state index is 0.132. The van der Waals surface area contributed by atoms with Gasteiger partial charge in [-0.2, -0.15) is 0 Å². The lowest BCUT2D eigenvalue weighted by Crippen LogP contribution is -2.15. The van der Waals surface area contributed by atoms with E-state index in [0.29, 0.717) is 17.0 Å². The summed E-state index contributed by atoms with van der Waals surface area (Å²) in [6, 6.07) is 4.19. The van der Waals surface area contributed by atoms with Crippen molar-refractivity contribution in [2.24, 2.45) is 5.92 Å². The normalized spacial score (nSPS) is 15.7. The summed E-state index contributed by atoms with van der Waals surface area (Å²) in [6.45, 7) is 0.364. The molecule has 0 radical (unpaired) electrons. The van der Waals surface area contributed by atoms with Crippen LogP contribution in [0, 0.1) is 5.92 Å². The molecule has 0 aliphatic heterocycles. The molecule has 110 valence electrons. The Balaban J connectivity index is 2.02. The van der Waals surface area contributed by atoms with Gasteiger partial charge in [-0.15, -0.1) is 0 Å². The van der Waals surface area contributed by atoms with Gasteiger partial charge in [0.1, 0.15) is 0 Å². The molecule has 2 rings (SSSR count). The third-order valence-corrected chi connectivity index (χ3v) is 5.73. The van der Waals surface area contributed by atoms with Gasteiger partial charge in [0.15, 0.2) is 0 Å². The van der Waals surface area contributed by atoms with Crippen LogP contribution in [0.3, 0.4) is 0 Å². The van der Waals surface area contributed by atoms with Crippen LogP contribution in [0.4, 0.5) is 0 Å². The molecule has 0 amide bonds. The molecule has 1 aliphatic rings. The molecule has 0 unspecified atom stereocenters. The second kappa shape index (κ2) is 6.45. The maximum absolute atomic E-state index is 11.8. The molecule has 0 aromatic heterocycles. The molecule has 0 N–H and O–H groups in total. The van der Waals surface area contributed by atoms with Crippen LogP contribution < -0.4 is 0 Å². The highest BCUT2D eigenvalue weighted by Gasteiger charge is 2.20. The molecule has 1 aliphatic carbocycles. The van der Waals surface area contributed by atoms with Crippen molar-refractivity contribution in [3.05, 3.63) is 28.2 Å². The number of benzene rings is 1. The first-order valence-electron chi connectivity index (χ1n) is 6.29. The van der Waals surface area contributed by atoms with Crippen molar-refractivity contribution in [3.63, 3.8) is 0 Å². The summed E-state index contributed by atoms with van der Waals surface area (Å²) >= 11 is 3.09. The van der Waals surface area contributed by atoms with Crippen LogP contribution in [0.2, 0.25) is 0 Å². The maximum Gasteiger partial charge on any atom is 0.338 e. The molecule has 1 fully saturated rings. The molecule has 4 nitrogen and oxygen atoms in total. The van der Waals surface area contributed by atoms with E-state index in [1.807, 2.05) is 0 Å². The van der Waals surface area contributed by atoms with Crippen molar-refractivity contribution < 1.29 is 17.9 Å². The van der Waals surface area contributed by atoms with Crippen molar-refractivity contribution in [2.45, 2.75) is 30.6 Å². The van der Waals surface area contributed by atoms with Crippen LogP contribution in [0.25, 0.3) is 0 Å². The second-order valence-electron chi connectivity index (χ2n) is 4.80. The van der Waals surface area contributed by atoms with E-state index in [-0.39, 0.29) is 10.5 Å². The lowest BCUT2D eigenvalue weighted by atomic mass is 9.83. The number of rotatable bonds is 5. The zero-order valence-electron chi connectivity index (χ0n) is 10.6. The van der Waals surface area contributed by atoms with Crippen LogP contribution >= 0.6 is 26.6 Å². The number of hydrogen-bond donors (Lipinski definition) is 0.